The van der Waals surface area contributed by atoms with Gasteiger partial charge in [0, 0.05) is 24.2 Å². The highest BCUT2D eigenvalue weighted by atomic mass is 32.2. The predicted molar refractivity (Wildman–Crippen MR) is 94.6 cm³/mol. The van der Waals surface area contributed by atoms with E-state index < -0.39 is 0 Å². The van der Waals surface area contributed by atoms with E-state index >= 15 is 0 Å². The topological polar surface area (TPSA) is 23.5 Å². The van der Waals surface area contributed by atoms with Gasteiger partial charge in [0.2, 0.25) is 0 Å². The zero-order valence-electron chi connectivity index (χ0n) is 12.7. The van der Waals surface area contributed by atoms with Crippen LogP contribution >= 0.6 is 23.1 Å². The van der Waals surface area contributed by atoms with Gasteiger partial charge in [0.25, 0.3) is 0 Å². The summed E-state index contributed by atoms with van der Waals surface area (Å²) in [4.78, 5) is 3.26. The fourth-order valence-electron chi connectivity index (χ4n) is 2.06. The smallest absolute Gasteiger partial charge is 0.0899 e. The molecule has 4 heteroatoms. The van der Waals surface area contributed by atoms with E-state index in [1.165, 1.54) is 16.3 Å². The normalized spacial score (nSPS) is 12.3. The van der Waals surface area contributed by atoms with E-state index in [1.807, 2.05) is 30.0 Å². The molecule has 0 spiro atoms. The molecule has 2 nitrogen and oxygen atoms in total. The first-order chi connectivity index (χ1) is 10.2. The number of para-hydroxylation sites is 1. The van der Waals surface area contributed by atoms with Crippen LogP contribution in [0.4, 0.5) is 5.69 Å². The molecular weight excluding hydrogens is 298 g/mol. The van der Waals surface area contributed by atoms with Crippen molar-refractivity contribution in [1.82, 2.24) is 0 Å². The molecule has 1 N–H and O–H groups in total. The molecule has 1 aromatic heterocycles. The molecule has 1 unspecified atom stereocenters. The van der Waals surface area contributed by atoms with E-state index in [2.05, 4.69) is 43.1 Å². The number of aliphatic hydroxyl groups is 1. The van der Waals surface area contributed by atoms with E-state index in [0.717, 1.165) is 23.6 Å². The Balaban J connectivity index is 1.84. The van der Waals surface area contributed by atoms with Crippen LogP contribution in [0.3, 0.4) is 0 Å². The molecule has 0 aliphatic heterocycles. The second kappa shape index (κ2) is 8.47. The second-order valence-electron chi connectivity index (χ2n) is 5.07. The minimum absolute atomic E-state index is 0.364. The Labute approximate surface area is 135 Å². The number of thioether (sulfide) groups is 1. The Hall–Kier alpha value is -0.970. The summed E-state index contributed by atoms with van der Waals surface area (Å²) < 4.78 is 1.31. The average Bonchev–Trinajstić information content (AvgIpc) is 3.00. The maximum atomic E-state index is 10.3. The molecule has 0 amide bonds. The maximum absolute atomic E-state index is 10.3. The van der Waals surface area contributed by atoms with Crippen molar-refractivity contribution >= 4 is 28.8 Å². The summed E-state index contributed by atoms with van der Waals surface area (Å²) in [6.45, 7) is 3.04. The Morgan fingerprint density at radius 1 is 1.19 bits per heavy atom. The van der Waals surface area contributed by atoms with Crippen molar-refractivity contribution in [2.45, 2.75) is 30.1 Å². The summed E-state index contributed by atoms with van der Waals surface area (Å²) in [7, 11) is 2.07. The van der Waals surface area contributed by atoms with Crippen molar-refractivity contribution in [3.8, 4) is 0 Å². The molecule has 0 fully saturated rings. The number of anilines is 1. The van der Waals surface area contributed by atoms with Crippen molar-refractivity contribution < 1.29 is 5.11 Å². The zero-order valence-corrected chi connectivity index (χ0v) is 14.3. The lowest BCUT2D eigenvalue weighted by Crippen LogP contribution is -2.20. The van der Waals surface area contributed by atoms with Crippen LogP contribution in [0.15, 0.2) is 46.7 Å². The third-order valence-corrected chi connectivity index (χ3v) is 5.93. The predicted octanol–water partition coefficient (Wildman–Crippen LogP) is 4.81. The molecule has 0 radical (unpaired) electrons. The Morgan fingerprint density at radius 3 is 2.67 bits per heavy atom. The van der Waals surface area contributed by atoms with Gasteiger partial charge in [-0.3, -0.25) is 0 Å². The highest BCUT2D eigenvalue weighted by Gasteiger charge is 2.12. The van der Waals surface area contributed by atoms with Gasteiger partial charge in [0.15, 0.2) is 0 Å². The molecule has 0 aliphatic carbocycles. The van der Waals surface area contributed by atoms with E-state index in [1.54, 1.807) is 11.3 Å². The standard InChI is InChI=1S/C17H23NOS2/c1-3-13-20-17-10-9-16(21-17)15(19)11-12-18(2)14-7-5-4-6-8-14/h4-10,15,19H,3,11-13H2,1-2H3. The van der Waals surface area contributed by atoms with Crippen LogP contribution in [-0.2, 0) is 0 Å². The minimum Gasteiger partial charge on any atom is -0.388 e. The average molecular weight is 322 g/mol. The summed E-state index contributed by atoms with van der Waals surface area (Å²) in [6, 6.07) is 14.5. The molecule has 21 heavy (non-hydrogen) atoms. The molecule has 1 atom stereocenters. The first-order valence-corrected chi connectivity index (χ1v) is 9.17. The van der Waals surface area contributed by atoms with Gasteiger partial charge in [0.05, 0.1) is 10.3 Å². The van der Waals surface area contributed by atoms with E-state index in [-0.39, 0.29) is 6.10 Å². The molecule has 1 heterocycles. The molecule has 114 valence electrons. The lowest BCUT2D eigenvalue weighted by Gasteiger charge is -2.20. The quantitative estimate of drug-likeness (QED) is 0.706. The lowest BCUT2D eigenvalue weighted by molar-refractivity contribution is 0.173. The number of benzene rings is 1. The van der Waals surface area contributed by atoms with Crippen LogP contribution in [0.5, 0.6) is 0 Å². The molecule has 0 aliphatic rings. The Bertz CT molecular complexity index is 527. The monoisotopic (exact) mass is 321 g/mol. The number of rotatable bonds is 8. The van der Waals surface area contributed by atoms with Crippen molar-refractivity contribution in [3.63, 3.8) is 0 Å². The van der Waals surface area contributed by atoms with Gasteiger partial charge in [-0.25, -0.2) is 0 Å². The van der Waals surface area contributed by atoms with Gasteiger partial charge >= 0.3 is 0 Å². The van der Waals surface area contributed by atoms with Crippen molar-refractivity contribution in [3.05, 3.63) is 47.3 Å². The first kappa shape index (κ1) is 16.4. The van der Waals surface area contributed by atoms with Gasteiger partial charge in [0.1, 0.15) is 0 Å². The summed E-state index contributed by atoms with van der Waals surface area (Å²) in [5.74, 6) is 1.15. The van der Waals surface area contributed by atoms with Crippen LogP contribution in [0, 0.1) is 0 Å². The zero-order chi connectivity index (χ0) is 15.1. The lowest BCUT2D eigenvalue weighted by atomic mass is 10.2. The van der Waals surface area contributed by atoms with E-state index in [0.29, 0.717) is 0 Å². The number of hydrogen-bond acceptors (Lipinski definition) is 4. The fraction of sp³-hybridized carbons (Fsp3) is 0.412. The number of aliphatic hydroxyl groups excluding tert-OH is 1. The van der Waals surface area contributed by atoms with Gasteiger partial charge in [-0.15, -0.1) is 23.1 Å². The Morgan fingerprint density at radius 2 is 1.95 bits per heavy atom. The molecule has 0 saturated heterocycles. The largest absolute Gasteiger partial charge is 0.388 e. The number of nitrogens with zero attached hydrogens (tertiary/aromatic N) is 1. The fourth-order valence-corrected chi connectivity index (χ4v) is 4.17. The minimum atomic E-state index is -0.364. The Kier molecular flexibility index (Phi) is 6.61. The van der Waals surface area contributed by atoms with Crippen LogP contribution in [0.1, 0.15) is 30.7 Å². The molecule has 0 bridgehead atoms. The van der Waals surface area contributed by atoms with Crippen LogP contribution in [0.2, 0.25) is 0 Å². The number of thiophene rings is 1. The second-order valence-corrected chi connectivity index (χ2v) is 7.58. The number of hydrogen-bond donors (Lipinski definition) is 1. The SMILES string of the molecule is CCCSc1ccc(C(O)CCN(C)c2ccccc2)s1. The molecule has 0 saturated carbocycles. The third-order valence-electron chi connectivity index (χ3n) is 3.31. The van der Waals surface area contributed by atoms with Gasteiger partial charge in [-0.1, -0.05) is 25.1 Å². The van der Waals surface area contributed by atoms with Crippen LogP contribution < -0.4 is 4.90 Å². The molecule has 1 aromatic carbocycles. The van der Waals surface area contributed by atoms with Gasteiger partial charge in [-0.2, -0.15) is 0 Å². The highest BCUT2D eigenvalue weighted by molar-refractivity contribution is 8.01. The van der Waals surface area contributed by atoms with Crippen molar-refractivity contribution in [1.29, 1.82) is 0 Å². The summed E-state index contributed by atoms with van der Waals surface area (Å²) >= 11 is 3.60. The molecule has 2 rings (SSSR count). The summed E-state index contributed by atoms with van der Waals surface area (Å²) in [5, 5.41) is 10.3. The first-order valence-electron chi connectivity index (χ1n) is 7.37. The van der Waals surface area contributed by atoms with Gasteiger partial charge in [-0.05, 0) is 42.9 Å². The van der Waals surface area contributed by atoms with Crippen LogP contribution in [-0.4, -0.2) is 24.5 Å². The summed E-state index contributed by atoms with van der Waals surface area (Å²) in [5.41, 5.74) is 1.19. The maximum Gasteiger partial charge on any atom is 0.0899 e. The van der Waals surface area contributed by atoms with Crippen molar-refractivity contribution in [2.24, 2.45) is 0 Å². The third kappa shape index (κ3) is 5.06. The molecule has 2 aromatic rings. The van der Waals surface area contributed by atoms with E-state index in [9.17, 15) is 5.11 Å². The molecular formula is C17H23NOS2. The summed E-state index contributed by atoms with van der Waals surface area (Å²) in [6.07, 6.45) is 1.57. The van der Waals surface area contributed by atoms with Crippen LogP contribution in [0.25, 0.3) is 0 Å². The van der Waals surface area contributed by atoms with E-state index in [4.69, 9.17) is 0 Å². The highest BCUT2D eigenvalue weighted by Crippen LogP contribution is 2.32. The van der Waals surface area contributed by atoms with Crippen molar-refractivity contribution in [2.75, 3.05) is 24.2 Å². The van der Waals surface area contributed by atoms with Gasteiger partial charge < -0.3 is 10.0 Å².